The zero-order chi connectivity index (χ0) is 25.5. The molecule has 4 nitrogen and oxygen atoms in total. The molecule has 1 aromatic carbocycles. The summed E-state index contributed by atoms with van der Waals surface area (Å²) in [5, 5.41) is 0. The molecule has 2 saturated carbocycles. The number of hydrogen-bond acceptors (Lipinski definition) is 7. The summed E-state index contributed by atoms with van der Waals surface area (Å²) in [6.07, 6.45) is 10.8. The van der Waals surface area contributed by atoms with E-state index >= 15 is 0 Å². The van der Waals surface area contributed by atoms with Crippen molar-refractivity contribution >= 4 is 58.0 Å². The number of rotatable bonds is 6. The van der Waals surface area contributed by atoms with Crippen LogP contribution in [0.25, 0.3) is 31.9 Å². The van der Waals surface area contributed by atoms with Gasteiger partial charge >= 0.3 is 0 Å². The molecule has 7 heteroatoms. The molecule has 0 radical (unpaired) electrons. The summed E-state index contributed by atoms with van der Waals surface area (Å²) in [6.45, 7) is 4.45. The topological polar surface area (TPSA) is 59.9 Å². The molecular formula is C30H32N2O2S3. The molecule has 0 aliphatic heterocycles. The molecule has 0 spiro atoms. The van der Waals surface area contributed by atoms with Gasteiger partial charge < -0.3 is 9.59 Å². The fraction of sp³-hybridized carbons (Fsp3) is 0.467. The fourth-order valence-corrected chi connectivity index (χ4v) is 9.68. The Balaban J connectivity index is 1.30. The zero-order valence-electron chi connectivity index (χ0n) is 21.4. The van der Waals surface area contributed by atoms with Gasteiger partial charge in [0.15, 0.2) is 0 Å². The van der Waals surface area contributed by atoms with Gasteiger partial charge in [0, 0.05) is 42.5 Å². The molecule has 0 N–H and O–H groups in total. The van der Waals surface area contributed by atoms with Gasteiger partial charge in [0.25, 0.3) is 0 Å². The van der Waals surface area contributed by atoms with Crippen LogP contribution in [0, 0.1) is 25.7 Å². The molecule has 2 fully saturated rings. The minimum atomic E-state index is 0.247. The van der Waals surface area contributed by atoms with Crippen molar-refractivity contribution in [1.29, 1.82) is 0 Å². The van der Waals surface area contributed by atoms with Crippen LogP contribution in [0.5, 0.6) is 0 Å². The van der Waals surface area contributed by atoms with Crippen LogP contribution in [-0.2, 0) is 9.59 Å². The summed E-state index contributed by atoms with van der Waals surface area (Å²) in [6, 6.07) is 9.12. The van der Waals surface area contributed by atoms with E-state index in [9.17, 15) is 9.59 Å². The van der Waals surface area contributed by atoms with Crippen molar-refractivity contribution in [2.75, 3.05) is 0 Å². The SMILES string of the molecule is Cc1cc(-c2ccc(-c3cc(C)c(C4CCC(C=O)CC4)s3)c3nsnc23)sc1C1CCC(C=O)CC1. The van der Waals surface area contributed by atoms with Crippen LogP contribution >= 0.6 is 34.4 Å². The molecule has 2 aliphatic rings. The predicted molar refractivity (Wildman–Crippen MR) is 155 cm³/mol. The Kier molecular flexibility index (Phi) is 7.12. The van der Waals surface area contributed by atoms with E-state index in [2.05, 4.69) is 38.1 Å². The van der Waals surface area contributed by atoms with Gasteiger partial charge in [-0.3, -0.25) is 0 Å². The molecule has 0 unspecified atom stereocenters. The van der Waals surface area contributed by atoms with Crippen LogP contribution in [0.3, 0.4) is 0 Å². The number of aromatic nitrogens is 2. The molecule has 3 aromatic heterocycles. The molecule has 3 heterocycles. The van der Waals surface area contributed by atoms with E-state index in [-0.39, 0.29) is 11.8 Å². The minimum absolute atomic E-state index is 0.247. The Morgan fingerprint density at radius 3 is 1.46 bits per heavy atom. The summed E-state index contributed by atoms with van der Waals surface area (Å²) in [7, 11) is 0. The second kappa shape index (κ2) is 10.5. The molecule has 6 rings (SSSR count). The summed E-state index contributed by atoms with van der Waals surface area (Å²) in [5.74, 6) is 1.62. The van der Waals surface area contributed by atoms with Crippen LogP contribution in [-0.4, -0.2) is 21.3 Å². The van der Waals surface area contributed by atoms with Gasteiger partial charge in [0.05, 0.1) is 11.7 Å². The van der Waals surface area contributed by atoms with Gasteiger partial charge in [-0.1, -0.05) is 12.1 Å². The molecule has 2 aliphatic carbocycles. The Hall–Kier alpha value is -2.22. The van der Waals surface area contributed by atoms with Crippen molar-refractivity contribution < 1.29 is 9.59 Å². The maximum Gasteiger partial charge on any atom is 0.123 e. The number of carbonyl (C=O) groups is 2. The van der Waals surface area contributed by atoms with Crippen LogP contribution in [0.1, 0.15) is 84.1 Å². The Morgan fingerprint density at radius 2 is 1.08 bits per heavy atom. The van der Waals surface area contributed by atoms with Gasteiger partial charge in [-0.15, -0.1) is 22.7 Å². The van der Waals surface area contributed by atoms with E-state index in [4.69, 9.17) is 8.75 Å². The van der Waals surface area contributed by atoms with E-state index in [0.717, 1.165) is 75.0 Å². The van der Waals surface area contributed by atoms with E-state index in [0.29, 0.717) is 11.8 Å². The van der Waals surface area contributed by atoms with Crippen molar-refractivity contribution in [1.82, 2.24) is 8.75 Å². The first-order valence-electron chi connectivity index (χ1n) is 13.4. The lowest BCUT2D eigenvalue weighted by atomic mass is 9.81. The van der Waals surface area contributed by atoms with Crippen molar-refractivity contribution in [2.45, 2.75) is 77.0 Å². The van der Waals surface area contributed by atoms with Crippen molar-refractivity contribution in [3.63, 3.8) is 0 Å². The Bertz CT molecular complexity index is 1330. The number of hydrogen-bond donors (Lipinski definition) is 0. The van der Waals surface area contributed by atoms with Gasteiger partial charge in [0.2, 0.25) is 0 Å². The van der Waals surface area contributed by atoms with E-state index in [1.54, 1.807) is 0 Å². The van der Waals surface area contributed by atoms with E-state index in [1.807, 2.05) is 22.7 Å². The Labute approximate surface area is 230 Å². The molecule has 37 heavy (non-hydrogen) atoms. The van der Waals surface area contributed by atoms with Gasteiger partial charge in [-0.05, 0) is 100 Å². The largest absolute Gasteiger partial charge is 0.303 e. The highest BCUT2D eigenvalue weighted by Gasteiger charge is 2.27. The predicted octanol–water partition coefficient (Wildman–Crippen LogP) is 8.71. The lowest BCUT2D eigenvalue weighted by Crippen LogP contribution is -2.13. The summed E-state index contributed by atoms with van der Waals surface area (Å²) in [5.41, 5.74) is 7.07. The quantitative estimate of drug-likeness (QED) is 0.226. The summed E-state index contributed by atoms with van der Waals surface area (Å²) < 4.78 is 9.52. The van der Waals surface area contributed by atoms with Crippen molar-refractivity contribution in [2.24, 2.45) is 11.8 Å². The average molecular weight is 549 g/mol. The normalized spacial score (nSPS) is 24.4. The number of aldehydes is 2. The summed E-state index contributed by atoms with van der Waals surface area (Å²) in [4.78, 5) is 27.9. The van der Waals surface area contributed by atoms with Gasteiger partial charge in [-0.25, -0.2) is 0 Å². The number of benzene rings is 1. The number of fused-ring (bicyclic) bond motifs is 1. The van der Waals surface area contributed by atoms with Crippen LogP contribution < -0.4 is 0 Å². The molecule has 4 aromatic rings. The second-order valence-corrected chi connectivity index (χ2v) is 13.6. The number of thiophene rings is 2. The van der Waals surface area contributed by atoms with Crippen LogP contribution in [0.15, 0.2) is 24.3 Å². The number of aryl methyl sites for hydroxylation is 2. The average Bonchev–Trinajstić information content (AvgIpc) is 3.67. The lowest BCUT2D eigenvalue weighted by Gasteiger charge is -2.25. The van der Waals surface area contributed by atoms with E-state index < -0.39 is 0 Å². The smallest absolute Gasteiger partial charge is 0.123 e. The molecule has 0 bridgehead atoms. The third-order valence-corrected chi connectivity index (χ3v) is 11.9. The third-order valence-electron chi connectivity index (χ3n) is 8.53. The van der Waals surface area contributed by atoms with Crippen LogP contribution in [0.4, 0.5) is 0 Å². The van der Waals surface area contributed by atoms with Gasteiger partial charge in [0.1, 0.15) is 23.6 Å². The van der Waals surface area contributed by atoms with Crippen molar-refractivity contribution in [3.05, 3.63) is 45.1 Å². The van der Waals surface area contributed by atoms with Gasteiger partial charge in [-0.2, -0.15) is 8.75 Å². The molecule has 192 valence electrons. The zero-order valence-corrected chi connectivity index (χ0v) is 23.8. The maximum atomic E-state index is 11.2. The second-order valence-electron chi connectivity index (χ2n) is 10.9. The maximum absolute atomic E-state index is 11.2. The highest BCUT2D eigenvalue weighted by molar-refractivity contribution is 7.16. The van der Waals surface area contributed by atoms with Crippen molar-refractivity contribution in [3.8, 4) is 20.9 Å². The standard InChI is InChI=1S/C30H32N2O2S3/c1-17-13-25(35-29(17)21-7-3-19(15-33)4-8-21)23-11-12-24(28-27(23)31-37-32-28)26-14-18(2)30(36-26)22-9-5-20(16-34)6-10-22/h11-16,19-22H,3-10H2,1-2H3. The van der Waals surface area contributed by atoms with Crippen LogP contribution in [0.2, 0.25) is 0 Å². The Morgan fingerprint density at radius 1 is 0.676 bits per heavy atom. The first-order chi connectivity index (χ1) is 18.1. The molecule has 0 saturated heterocycles. The monoisotopic (exact) mass is 548 g/mol. The highest BCUT2D eigenvalue weighted by Crippen LogP contribution is 2.47. The molecule has 0 atom stereocenters. The molecular weight excluding hydrogens is 517 g/mol. The third kappa shape index (κ3) is 4.75. The fourth-order valence-electron chi connectivity index (χ4n) is 6.37. The summed E-state index contributed by atoms with van der Waals surface area (Å²) >= 11 is 5.10. The lowest BCUT2D eigenvalue weighted by molar-refractivity contribution is -0.112. The first-order valence-corrected chi connectivity index (χ1v) is 15.8. The molecule has 0 amide bonds. The number of nitrogens with zero attached hydrogens (tertiary/aromatic N) is 2. The highest BCUT2D eigenvalue weighted by atomic mass is 32.1. The van der Waals surface area contributed by atoms with E-state index in [1.165, 1.54) is 53.5 Å². The number of carbonyl (C=O) groups excluding carboxylic acids is 2. The minimum Gasteiger partial charge on any atom is -0.303 e. The first kappa shape index (κ1) is 25.1.